The Morgan fingerprint density at radius 3 is 2.25 bits per heavy atom. The number of carbonyl (C=O) groups is 2. The molecule has 6 N–H and O–H groups in total. The van der Waals surface area contributed by atoms with E-state index in [1.807, 2.05) is 60.5 Å². The Morgan fingerprint density at radius 1 is 1.09 bits per heavy atom. The molecule has 0 aliphatic heterocycles. The van der Waals surface area contributed by atoms with E-state index in [0.717, 1.165) is 17.7 Å². The van der Waals surface area contributed by atoms with Gasteiger partial charge in [-0.1, -0.05) is 36.4 Å². The standard InChI is InChI=1S/C15H15N7O.C8H18NO5P.C6H6/c1-22(11-4-2-9(8-23)3-5-11)7-10-6-18-14-12(19-10)13(16)20-15(17)21-14;1-4-13-8(10)7(2)14-15(11,12)6-5-9-3;1-2-4-6-5-3-1/h2-6,8H,7H2,1H3,(H4,16,17,18,20,21);7,9H,4-6H2,1-3H3,(H,11,12);1-6H. The minimum Gasteiger partial charge on any atom is -0.464 e. The Hall–Kier alpha value is -4.49. The predicted molar refractivity (Wildman–Crippen MR) is 170 cm³/mol. The molecule has 0 amide bonds. The van der Waals surface area contributed by atoms with Crippen LogP contribution in [0, 0.1) is 0 Å². The summed E-state index contributed by atoms with van der Waals surface area (Å²) in [7, 11) is -0.123. The number of nitrogens with two attached hydrogens (primary N) is 2. The van der Waals surface area contributed by atoms with Crippen LogP contribution in [0.15, 0.2) is 66.9 Å². The van der Waals surface area contributed by atoms with Gasteiger partial charge in [-0.25, -0.2) is 14.8 Å². The summed E-state index contributed by atoms with van der Waals surface area (Å²) in [6.45, 7) is 4.14. The van der Waals surface area contributed by atoms with E-state index < -0.39 is 19.7 Å². The lowest BCUT2D eigenvalue weighted by atomic mass is 10.2. The number of aromatic nitrogens is 4. The van der Waals surface area contributed by atoms with Gasteiger partial charge in [-0.2, -0.15) is 9.97 Å². The fourth-order valence-corrected chi connectivity index (χ4v) is 4.63. The van der Waals surface area contributed by atoms with Crippen molar-refractivity contribution in [2.75, 3.05) is 49.8 Å². The molecule has 0 aliphatic carbocycles. The van der Waals surface area contributed by atoms with Crippen molar-refractivity contribution in [1.82, 2.24) is 25.3 Å². The van der Waals surface area contributed by atoms with Crippen molar-refractivity contribution in [3.05, 3.63) is 78.1 Å². The lowest BCUT2D eigenvalue weighted by molar-refractivity contribution is -0.150. The maximum atomic E-state index is 11.4. The van der Waals surface area contributed by atoms with Crippen LogP contribution in [-0.2, 0) is 25.2 Å². The van der Waals surface area contributed by atoms with Gasteiger partial charge in [-0.3, -0.25) is 13.9 Å². The summed E-state index contributed by atoms with van der Waals surface area (Å²) < 4.78 is 20.8. The highest BCUT2D eigenvalue weighted by Gasteiger charge is 2.26. The molecule has 0 saturated carbocycles. The first kappa shape index (κ1) is 35.7. The molecule has 2 aromatic carbocycles. The summed E-state index contributed by atoms with van der Waals surface area (Å²) >= 11 is 0. The zero-order chi connectivity index (χ0) is 32.5. The van der Waals surface area contributed by atoms with Crippen molar-refractivity contribution < 1.29 is 28.3 Å². The second kappa shape index (κ2) is 18.2. The van der Waals surface area contributed by atoms with E-state index in [0.29, 0.717) is 29.8 Å². The van der Waals surface area contributed by atoms with Gasteiger partial charge in [-0.05, 0) is 45.2 Å². The van der Waals surface area contributed by atoms with Crippen LogP contribution >= 0.6 is 7.60 Å². The molecule has 0 fully saturated rings. The molecule has 4 rings (SSSR count). The van der Waals surface area contributed by atoms with Crippen LogP contribution in [0.4, 0.5) is 17.5 Å². The number of fused-ring (bicyclic) bond motifs is 1. The predicted octanol–water partition coefficient (Wildman–Crippen LogP) is 3.08. The first-order valence-electron chi connectivity index (χ1n) is 13.6. The largest absolute Gasteiger partial charge is 0.464 e. The third kappa shape index (κ3) is 12.4. The molecule has 0 saturated heterocycles. The Labute approximate surface area is 256 Å². The number of carbonyl (C=O) groups excluding carboxylic acids is 2. The van der Waals surface area contributed by atoms with Crippen molar-refractivity contribution in [3.63, 3.8) is 0 Å². The van der Waals surface area contributed by atoms with Gasteiger partial charge in [0, 0.05) is 24.8 Å². The topological polar surface area (TPSA) is 209 Å². The van der Waals surface area contributed by atoms with Crippen molar-refractivity contribution >= 4 is 48.5 Å². The number of benzene rings is 2. The van der Waals surface area contributed by atoms with Gasteiger partial charge in [0.1, 0.15) is 6.29 Å². The lowest BCUT2D eigenvalue weighted by Gasteiger charge is -2.19. The highest BCUT2D eigenvalue weighted by atomic mass is 31.2. The molecular formula is C29H39N8O6P. The molecule has 0 spiro atoms. The number of nitrogens with one attached hydrogen (secondary N) is 1. The number of nitrogens with zero attached hydrogens (tertiary/aromatic N) is 5. The van der Waals surface area contributed by atoms with Crippen LogP contribution in [0.3, 0.4) is 0 Å². The van der Waals surface area contributed by atoms with Crippen LogP contribution in [0.25, 0.3) is 11.2 Å². The van der Waals surface area contributed by atoms with Gasteiger partial charge >= 0.3 is 13.6 Å². The average Bonchev–Trinajstić information content (AvgIpc) is 3.01. The number of ether oxygens (including phenoxy) is 1. The average molecular weight is 627 g/mol. The van der Waals surface area contributed by atoms with Gasteiger partial charge in [0.15, 0.2) is 23.1 Å². The number of rotatable bonds is 11. The normalized spacial score (nSPS) is 12.4. The Bertz CT molecular complexity index is 1480. The van der Waals surface area contributed by atoms with Crippen molar-refractivity contribution in [3.8, 4) is 0 Å². The molecule has 15 heteroatoms. The highest BCUT2D eigenvalue weighted by Crippen LogP contribution is 2.42. The molecule has 2 heterocycles. The summed E-state index contributed by atoms with van der Waals surface area (Å²) in [5.41, 5.74) is 14.5. The van der Waals surface area contributed by atoms with E-state index in [4.69, 9.17) is 16.0 Å². The molecule has 44 heavy (non-hydrogen) atoms. The fourth-order valence-electron chi connectivity index (χ4n) is 3.44. The third-order valence-electron chi connectivity index (χ3n) is 5.62. The molecule has 2 unspecified atom stereocenters. The SMILES string of the molecule is CCOC(=O)C(C)OP(=O)(O)CCNC.CN(Cc1cnc2nc(N)nc(N)c2n1)c1ccc(C=O)cc1.c1ccccc1. The van der Waals surface area contributed by atoms with Gasteiger partial charge < -0.3 is 31.3 Å². The van der Waals surface area contributed by atoms with Crippen LogP contribution in [0.5, 0.6) is 0 Å². The van der Waals surface area contributed by atoms with Crippen molar-refractivity contribution in [1.29, 1.82) is 0 Å². The maximum absolute atomic E-state index is 11.4. The monoisotopic (exact) mass is 626 g/mol. The highest BCUT2D eigenvalue weighted by molar-refractivity contribution is 7.52. The van der Waals surface area contributed by atoms with Gasteiger partial charge in [0.2, 0.25) is 5.95 Å². The number of esters is 1. The summed E-state index contributed by atoms with van der Waals surface area (Å²) in [5.74, 6) is -0.347. The van der Waals surface area contributed by atoms with E-state index in [2.05, 4.69) is 30.0 Å². The van der Waals surface area contributed by atoms with E-state index >= 15 is 0 Å². The first-order valence-corrected chi connectivity index (χ1v) is 15.4. The fraction of sp³-hybridized carbons (Fsp3) is 0.310. The van der Waals surface area contributed by atoms with E-state index in [-0.39, 0.29) is 24.5 Å². The summed E-state index contributed by atoms with van der Waals surface area (Å²) in [4.78, 5) is 49.7. The Kier molecular flexibility index (Phi) is 14.8. The van der Waals surface area contributed by atoms with Crippen LogP contribution in [-0.4, -0.2) is 76.6 Å². The molecule has 0 aliphatic rings. The molecule has 236 valence electrons. The van der Waals surface area contributed by atoms with Gasteiger partial charge in [0.25, 0.3) is 0 Å². The molecule has 0 radical (unpaired) electrons. The molecule has 14 nitrogen and oxygen atoms in total. The van der Waals surface area contributed by atoms with Crippen molar-refractivity contribution in [2.24, 2.45) is 0 Å². The number of anilines is 3. The first-order chi connectivity index (χ1) is 21.0. The Balaban J connectivity index is 0.000000275. The summed E-state index contributed by atoms with van der Waals surface area (Å²) in [5, 5.41) is 2.72. The molecule has 2 atom stereocenters. The molecular weight excluding hydrogens is 587 g/mol. The minimum atomic E-state index is -3.71. The number of nitrogen functional groups attached to an aromatic ring is 2. The minimum absolute atomic E-state index is 0.0345. The van der Waals surface area contributed by atoms with E-state index in [1.54, 1.807) is 32.3 Å². The number of aldehydes is 1. The van der Waals surface area contributed by atoms with Gasteiger partial charge in [0.05, 0.1) is 31.2 Å². The molecule has 2 aromatic heterocycles. The van der Waals surface area contributed by atoms with E-state index in [1.165, 1.54) is 6.92 Å². The van der Waals surface area contributed by atoms with Gasteiger partial charge in [-0.15, -0.1) is 0 Å². The molecule has 0 bridgehead atoms. The zero-order valence-electron chi connectivity index (χ0n) is 25.2. The zero-order valence-corrected chi connectivity index (χ0v) is 26.1. The quantitative estimate of drug-likeness (QED) is 0.107. The second-order valence-electron chi connectivity index (χ2n) is 9.19. The number of hydrogen-bond donors (Lipinski definition) is 4. The molecule has 4 aromatic rings. The number of hydrogen-bond acceptors (Lipinski definition) is 13. The van der Waals surface area contributed by atoms with Crippen LogP contribution < -0.4 is 21.7 Å². The summed E-state index contributed by atoms with van der Waals surface area (Å²) in [6.07, 6.45) is 1.39. The van der Waals surface area contributed by atoms with E-state index in [9.17, 15) is 19.0 Å². The van der Waals surface area contributed by atoms with Crippen LogP contribution in [0.1, 0.15) is 29.9 Å². The lowest BCUT2D eigenvalue weighted by Crippen LogP contribution is -2.24. The summed E-state index contributed by atoms with van der Waals surface area (Å²) in [6, 6.07) is 19.3. The van der Waals surface area contributed by atoms with Crippen molar-refractivity contribution in [2.45, 2.75) is 26.5 Å². The third-order valence-corrected chi connectivity index (χ3v) is 7.06. The van der Waals surface area contributed by atoms with Crippen LogP contribution in [0.2, 0.25) is 0 Å². The maximum Gasteiger partial charge on any atom is 0.335 e. The smallest absolute Gasteiger partial charge is 0.335 e. The second-order valence-corrected chi connectivity index (χ2v) is 11.1. The Morgan fingerprint density at radius 2 is 1.70 bits per heavy atom.